The van der Waals surface area contributed by atoms with Crippen LogP contribution in [0.25, 0.3) is 0 Å². The van der Waals surface area contributed by atoms with Gasteiger partial charge in [-0.1, -0.05) is 11.6 Å². The first-order valence-electron chi connectivity index (χ1n) is 5.04. The zero-order valence-electron chi connectivity index (χ0n) is 9.07. The number of nitrogens with zero attached hydrogens (tertiary/aromatic N) is 1. The van der Waals surface area contributed by atoms with Crippen molar-refractivity contribution in [3.05, 3.63) is 54.1 Å². The van der Waals surface area contributed by atoms with E-state index in [1.54, 1.807) is 18.3 Å². The first-order chi connectivity index (χ1) is 8.56. The van der Waals surface area contributed by atoms with Gasteiger partial charge in [0.25, 0.3) is 0 Å². The Morgan fingerprint density at radius 1 is 1.11 bits per heavy atom. The summed E-state index contributed by atoms with van der Waals surface area (Å²) in [6.45, 7) is 0. The number of benzene rings is 2. The summed E-state index contributed by atoms with van der Waals surface area (Å²) in [5.41, 5.74) is 1.51. The van der Waals surface area contributed by atoms with Gasteiger partial charge in [0, 0.05) is 20.4 Å². The highest BCUT2D eigenvalue weighted by Crippen LogP contribution is 2.26. The minimum atomic E-state index is 0.258. The summed E-state index contributed by atoms with van der Waals surface area (Å²) in [4.78, 5) is 4.31. The molecule has 0 amide bonds. The monoisotopic (exact) mass is 483 g/mol. The van der Waals surface area contributed by atoms with E-state index in [1.807, 2.05) is 24.3 Å². The van der Waals surface area contributed by atoms with Crippen LogP contribution in [-0.4, -0.2) is 11.3 Å². The third-order valence-corrected chi connectivity index (χ3v) is 3.93. The van der Waals surface area contributed by atoms with Crippen molar-refractivity contribution >= 4 is 68.7 Å². The Morgan fingerprint density at radius 3 is 2.44 bits per heavy atom. The molecule has 5 heteroatoms. The Bertz CT molecular complexity index is 597. The van der Waals surface area contributed by atoms with Gasteiger partial charge in [0.05, 0.1) is 9.26 Å². The second kappa shape index (κ2) is 6.21. The summed E-state index contributed by atoms with van der Waals surface area (Å²) in [7, 11) is 0. The molecule has 92 valence electrons. The lowest BCUT2D eigenvalue weighted by molar-refractivity contribution is 0.470. The predicted molar refractivity (Wildman–Crippen MR) is 92.2 cm³/mol. The number of halogens is 3. The van der Waals surface area contributed by atoms with Gasteiger partial charge in [-0.25, -0.2) is 0 Å². The number of hydrogen-bond donors (Lipinski definition) is 1. The zero-order valence-corrected chi connectivity index (χ0v) is 14.1. The van der Waals surface area contributed by atoms with E-state index in [2.05, 4.69) is 50.2 Å². The van der Waals surface area contributed by atoms with Crippen LogP contribution in [0.2, 0.25) is 5.02 Å². The van der Waals surface area contributed by atoms with E-state index in [9.17, 15) is 5.11 Å². The molecule has 2 rings (SSSR count). The minimum absolute atomic E-state index is 0.258. The normalized spacial score (nSPS) is 11.1. The van der Waals surface area contributed by atoms with Crippen molar-refractivity contribution in [3.63, 3.8) is 0 Å². The summed E-state index contributed by atoms with van der Waals surface area (Å²) in [6.07, 6.45) is 1.66. The quantitative estimate of drug-likeness (QED) is 0.473. The van der Waals surface area contributed by atoms with Gasteiger partial charge < -0.3 is 5.11 Å². The molecular weight excluding hydrogens is 475 g/mol. The van der Waals surface area contributed by atoms with Gasteiger partial charge >= 0.3 is 0 Å². The van der Waals surface area contributed by atoms with Gasteiger partial charge in [0.15, 0.2) is 0 Å². The molecule has 0 heterocycles. The van der Waals surface area contributed by atoms with E-state index in [1.165, 1.54) is 0 Å². The molecule has 0 saturated heterocycles. The molecule has 18 heavy (non-hydrogen) atoms. The van der Waals surface area contributed by atoms with Crippen LogP contribution in [0.1, 0.15) is 5.56 Å². The van der Waals surface area contributed by atoms with E-state index in [-0.39, 0.29) is 5.75 Å². The van der Waals surface area contributed by atoms with Crippen molar-refractivity contribution in [2.45, 2.75) is 0 Å². The molecule has 2 nitrogen and oxygen atoms in total. The topological polar surface area (TPSA) is 32.6 Å². The van der Waals surface area contributed by atoms with Crippen molar-refractivity contribution in [1.29, 1.82) is 0 Å². The lowest BCUT2D eigenvalue weighted by atomic mass is 10.2. The second-order valence-corrected chi connectivity index (χ2v) is 6.40. The third kappa shape index (κ3) is 3.58. The molecule has 0 atom stereocenters. The number of rotatable bonds is 2. The molecule has 0 aliphatic carbocycles. The molecule has 0 aliphatic rings. The fraction of sp³-hybridized carbons (Fsp3) is 0. The average molecular weight is 483 g/mol. The third-order valence-electron chi connectivity index (χ3n) is 2.24. The molecule has 0 unspecified atom stereocenters. The van der Waals surface area contributed by atoms with Crippen LogP contribution in [0.3, 0.4) is 0 Å². The summed E-state index contributed by atoms with van der Waals surface area (Å²) in [5.74, 6) is 0.258. The lowest BCUT2D eigenvalue weighted by Gasteiger charge is -2.02. The fourth-order valence-electron chi connectivity index (χ4n) is 1.36. The van der Waals surface area contributed by atoms with Gasteiger partial charge in [0.2, 0.25) is 0 Å². The number of phenolic OH excluding ortho intramolecular Hbond substituents is 1. The number of aliphatic imine (C=N–C) groups is 1. The lowest BCUT2D eigenvalue weighted by Crippen LogP contribution is -1.87. The van der Waals surface area contributed by atoms with E-state index < -0.39 is 0 Å². The Kier molecular flexibility index (Phi) is 4.85. The number of aromatic hydroxyl groups is 1. The van der Waals surface area contributed by atoms with Gasteiger partial charge in [-0.3, -0.25) is 4.99 Å². The molecule has 2 aromatic rings. The predicted octanol–water partition coefficient (Wildman–Crippen LogP) is 5.01. The Labute approximate surface area is 137 Å². The molecule has 0 bridgehead atoms. The van der Waals surface area contributed by atoms with E-state index in [0.29, 0.717) is 10.6 Å². The van der Waals surface area contributed by atoms with Crippen molar-refractivity contribution in [3.8, 4) is 5.75 Å². The molecule has 0 spiro atoms. The zero-order chi connectivity index (χ0) is 13.1. The van der Waals surface area contributed by atoms with Crippen LogP contribution in [0, 0.1) is 7.14 Å². The second-order valence-electron chi connectivity index (χ2n) is 3.56. The van der Waals surface area contributed by atoms with Crippen molar-refractivity contribution in [1.82, 2.24) is 0 Å². The molecule has 0 fully saturated rings. The summed E-state index contributed by atoms with van der Waals surface area (Å²) < 4.78 is 1.88. The van der Waals surface area contributed by atoms with E-state index in [4.69, 9.17) is 11.6 Å². The first-order valence-corrected chi connectivity index (χ1v) is 7.57. The molecule has 1 N–H and O–H groups in total. The standard InChI is InChI=1S/C13H8ClI2NO/c14-9-1-3-11(4-2-9)17-7-8-5-10(15)6-12(16)13(8)18/h1-7,18H/b17-7+. The minimum Gasteiger partial charge on any atom is -0.506 e. The highest BCUT2D eigenvalue weighted by Gasteiger charge is 2.04. The van der Waals surface area contributed by atoms with E-state index >= 15 is 0 Å². The molecule has 0 aromatic heterocycles. The van der Waals surface area contributed by atoms with Crippen molar-refractivity contribution in [2.75, 3.05) is 0 Å². The molecule has 2 aromatic carbocycles. The highest BCUT2D eigenvalue weighted by atomic mass is 127. The van der Waals surface area contributed by atoms with Crippen molar-refractivity contribution < 1.29 is 5.11 Å². The van der Waals surface area contributed by atoms with Crippen LogP contribution in [0.5, 0.6) is 5.75 Å². The average Bonchev–Trinajstić information content (AvgIpc) is 2.34. The maximum Gasteiger partial charge on any atom is 0.137 e. The van der Waals surface area contributed by atoms with Crippen LogP contribution >= 0.6 is 56.8 Å². The van der Waals surface area contributed by atoms with Crippen molar-refractivity contribution in [2.24, 2.45) is 4.99 Å². The van der Waals surface area contributed by atoms with Gasteiger partial charge in [0.1, 0.15) is 5.75 Å². The summed E-state index contributed by atoms with van der Waals surface area (Å²) >= 11 is 10.1. The summed E-state index contributed by atoms with van der Waals surface area (Å²) in [6, 6.07) is 11.0. The molecule has 0 radical (unpaired) electrons. The van der Waals surface area contributed by atoms with Crippen LogP contribution in [-0.2, 0) is 0 Å². The molecular formula is C13H8ClI2NO. The largest absolute Gasteiger partial charge is 0.506 e. The fourth-order valence-corrected chi connectivity index (χ4v) is 3.37. The maximum atomic E-state index is 9.92. The maximum absolute atomic E-state index is 9.92. The molecule has 0 saturated carbocycles. The molecule has 0 aliphatic heterocycles. The number of phenols is 1. The number of hydrogen-bond acceptors (Lipinski definition) is 2. The van der Waals surface area contributed by atoms with E-state index in [0.717, 1.165) is 12.8 Å². The summed E-state index contributed by atoms with van der Waals surface area (Å²) in [5, 5.41) is 10.6. The van der Waals surface area contributed by atoms with Gasteiger partial charge in [-0.05, 0) is 81.6 Å². The Hall–Kier alpha value is -0.340. The van der Waals surface area contributed by atoms with Crippen LogP contribution in [0.4, 0.5) is 5.69 Å². The smallest absolute Gasteiger partial charge is 0.137 e. The highest BCUT2D eigenvalue weighted by molar-refractivity contribution is 14.1. The SMILES string of the molecule is Oc1c(I)cc(I)cc1/C=N/c1ccc(Cl)cc1. The van der Waals surface area contributed by atoms with Gasteiger partial charge in [-0.15, -0.1) is 0 Å². The van der Waals surface area contributed by atoms with Gasteiger partial charge in [-0.2, -0.15) is 0 Å². The first kappa shape index (κ1) is 14.1. The Balaban J connectivity index is 2.31. The van der Waals surface area contributed by atoms with Crippen LogP contribution in [0.15, 0.2) is 41.4 Å². The Morgan fingerprint density at radius 2 is 1.78 bits per heavy atom. The van der Waals surface area contributed by atoms with Crippen LogP contribution < -0.4 is 0 Å².